The first-order valence-corrected chi connectivity index (χ1v) is 11.7. The second-order valence-corrected chi connectivity index (χ2v) is 8.68. The van der Waals surface area contributed by atoms with Crippen molar-refractivity contribution in [2.24, 2.45) is 15.2 Å². The van der Waals surface area contributed by atoms with Crippen molar-refractivity contribution in [3.8, 4) is 11.4 Å². The number of fused-ring (bicyclic) bond motifs is 3. The van der Waals surface area contributed by atoms with Gasteiger partial charge in [0.1, 0.15) is 12.1 Å². The molecule has 37 heavy (non-hydrogen) atoms. The third-order valence-corrected chi connectivity index (χ3v) is 5.96. The monoisotopic (exact) mass is 519 g/mol. The van der Waals surface area contributed by atoms with E-state index in [0.717, 1.165) is 33.8 Å². The van der Waals surface area contributed by atoms with Gasteiger partial charge < -0.3 is 4.74 Å². The summed E-state index contributed by atoms with van der Waals surface area (Å²) < 4.78 is 43.1. The number of para-hydroxylation sites is 1. The molecule has 0 N–H and O–H groups in total. The summed E-state index contributed by atoms with van der Waals surface area (Å²) in [6.07, 6.45) is 8.46. The summed E-state index contributed by atoms with van der Waals surface area (Å²) in [5.74, 6) is -0.324. The molecule has 0 radical (unpaired) electrons. The van der Waals surface area contributed by atoms with Gasteiger partial charge in [-0.05, 0) is 66.1 Å². The molecule has 0 spiro atoms. The lowest BCUT2D eigenvalue weighted by atomic mass is 9.84. The van der Waals surface area contributed by atoms with Gasteiger partial charge >= 0.3 is 6.36 Å². The Hall–Kier alpha value is -4.18. The quantitative estimate of drug-likeness (QED) is 0.167. The smallest absolute Gasteiger partial charge is 0.406 e. The first-order chi connectivity index (χ1) is 17.8. The summed E-state index contributed by atoms with van der Waals surface area (Å²) in [4.78, 5) is 8.94. The number of halogens is 3. The van der Waals surface area contributed by atoms with E-state index in [0.29, 0.717) is 5.69 Å². The van der Waals surface area contributed by atoms with Gasteiger partial charge in [-0.25, -0.2) is 9.98 Å². The van der Waals surface area contributed by atoms with Gasteiger partial charge in [-0.3, -0.25) is 4.57 Å². The maximum atomic E-state index is 12.4. The van der Waals surface area contributed by atoms with E-state index in [-0.39, 0.29) is 16.8 Å². The third-order valence-electron chi connectivity index (χ3n) is 5.77. The van der Waals surface area contributed by atoms with Gasteiger partial charge in [0.05, 0.1) is 23.3 Å². The molecule has 5 rings (SSSR count). The number of aromatic nitrogens is 2. The van der Waals surface area contributed by atoms with Crippen LogP contribution < -0.4 is 4.74 Å². The number of aliphatic imine (C=N–C) groups is 1. The number of amidine groups is 1. The number of alkyl halides is 3. The zero-order valence-corrected chi connectivity index (χ0v) is 20.4. The van der Waals surface area contributed by atoms with E-state index >= 15 is 0 Å². The Morgan fingerprint density at radius 2 is 1.86 bits per heavy atom. The number of allylic oxidation sites excluding steroid dienone is 6. The second-order valence-electron chi connectivity index (χ2n) is 8.28. The minimum Gasteiger partial charge on any atom is -0.406 e. The number of rotatable bonds is 4. The van der Waals surface area contributed by atoms with Crippen LogP contribution in [0, 0.1) is 6.92 Å². The van der Waals surface area contributed by atoms with E-state index in [1.807, 2.05) is 66.1 Å². The zero-order valence-electron chi connectivity index (χ0n) is 19.5. The number of hydrogen-bond donors (Lipinski definition) is 1. The number of thiol groups is 1. The molecule has 0 saturated carbocycles. The van der Waals surface area contributed by atoms with Crippen LogP contribution in [-0.2, 0) is 0 Å². The predicted molar refractivity (Wildman–Crippen MR) is 139 cm³/mol. The molecular formula is C27H20F3N5OS. The first kappa shape index (κ1) is 24.5. The Kier molecular flexibility index (Phi) is 6.66. The van der Waals surface area contributed by atoms with Crippen molar-refractivity contribution in [3.05, 3.63) is 113 Å². The lowest BCUT2D eigenvalue weighted by molar-refractivity contribution is -0.274. The average Bonchev–Trinajstić information content (AvgIpc) is 3.29. The minimum atomic E-state index is -4.73. The van der Waals surface area contributed by atoms with Crippen molar-refractivity contribution < 1.29 is 17.9 Å². The van der Waals surface area contributed by atoms with E-state index < -0.39 is 6.36 Å². The van der Waals surface area contributed by atoms with Crippen LogP contribution in [-0.4, -0.2) is 21.1 Å². The highest BCUT2D eigenvalue weighted by atomic mass is 32.1. The zero-order chi connectivity index (χ0) is 26.0. The van der Waals surface area contributed by atoms with Crippen LogP contribution in [0.5, 0.6) is 5.75 Å². The molecule has 0 saturated heterocycles. The van der Waals surface area contributed by atoms with Crippen LogP contribution >= 0.6 is 12.6 Å². The SMILES string of the molecule is Cc1ccccc1N=C(S)N=NC=C1C=CC2C(=C1)C=Cc1c2ncn1-c1ccc(OC(F)(F)F)cc1. The highest BCUT2D eigenvalue weighted by Gasteiger charge is 2.31. The number of imidazole rings is 1. The van der Waals surface area contributed by atoms with Gasteiger partial charge in [-0.15, -0.1) is 30.9 Å². The van der Waals surface area contributed by atoms with Crippen molar-refractivity contribution in [1.29, 1.82) is 0 Å². The summed E-state index contributed by atoms with van der Waals surface area (Å²) in [5, 5.41) is 8.42. The molecule has 6 nitrogen and oxygen atoms in total. The molecule has 1 heterocycles. The molecule has 0 bridgehead atoms. The maximum absolute atomic E-state index is 12.4. The van der Waals surface area contributed by atoms with Crippen LogP contribution in [0.4, 0.5) is 18.9 Å². The van der Waals surface area contributed by atoms with Crippen molar-refractivity contribution in [3.63, 3.8) is 0 Å². The molecule has 1 aromatic heterocycles. The lowest BCUT2D eigenvalue weighted by Crippen LogP contribution is -2.17. The summed E-state index contributed by atoms with van der Waals surface area (Å²) in [6, 6.07) is 13.4. The molecular weight excluding hydrogens is 499 g/mol. The molecule has 0 amide bonds. The number of benzene rings is 2. The molecule has 1 unspecified atom stereocenters. The molecule has 1 atom stereocenters. The fraction of sp³-hybridized carbons (Fsp3) is 0.111. The van der Waals surface area contributed by atoms with Crippen molar-refractivity contribution in [2.45, 2.75) is 19.2 Å². The summed E-state index contributed by atoms with van der Waals surface area (Å²) in [7, 11) is 0. The molecule has 0 aliphatic heterocycles. The van der Waals surface area contributed by atoms with Gasteiger partial charge in [0.15, 0.2) is 0 Å². The highest BCUT2D eigenvalue weighted by Crippen LogP contribution is 2.38. The standard InChI is InChI=1S/C27H20F3N5OS/c1-17-4-2-3-5-23(17)33-26(37)34-32-15-18-6-12-22-19(14-18)7-13-24-25(22)31-16-35(24)20-8-10-21(11-9-20)36-27(28,29)30/h2-16,22H,1H3,(H,33,37). The van der Waals surface area contributed by atoms with Gasteiger partial charge in [-0.1, -0.05) is 36.4 Å². The number of aryl methyl sites for hydroxylation is 1. The lowest BCUT2D eigenvalue weighted by Gasteiger charge is -2.22. The molecule has 3 aromatic rings. The normalized spacial score (nSPS) is 18.2. The van der Waals surface area contributed by atoms with Crippen molar-refractivity contribution in [1.82, 2.24) is 9.55 Å². The summed E-state index contributed by atoms with van der Waals surface area (Å²) in [6.45, 7) is 1.96. The molecule has 0 fully saturated rings. The fourth-order valence-corrected chi connectivity index (χ4v) is 4.22. The Morgan fingerprint density at radius 3 is 2.62 bits per heavy atom. The molecule has 186 valence electrons. The number of ether oxygens (including phenoxy) is 1. The molecule has 2 aromatic carbocycles. The summed E-state index contributed by atoms with van der Waals surface area (Å²) >= 11 is 4.30. The van der Waals surface area contributed by atoms with Gasteiger partial charge in [0.25, 0.3) is 0 Å². The van der Waals surface area contributed by atoms with Crippen LogP contribution in [0.3, 0.4) is 0 Å². The Balaban J connectivity index is 1.32. The average molecular weight is 520 g/mol. The summed E-state index contributed by atoms with van der Waals surface area (Å²) in [5.41, 5.74) is 6.09. The van der Waals surface area contributed by atoms with Gasteiger partial charge in [-0.2, -0.15) is 5.11 Å². The number of hydrogen-bond acceptors (Lipinski definition) is 4. The Labute approximate surface area is 216 Å². The molecule has 2 aliphatic rings. The van der Waals surface area contributed by atoms with Crippen LogP contribution in [0.15, 0.2) is 112 Å². The first-order valence-electron chi connectivity index (χ1n) is 11.2. The van der Waals surface area contributed by atoms with Crippen LogP contribution in [0.2, 0.25) is 0 Å². The number of azo groups is 1. The van der Waals surface area contributed by atoms with E-state index in [2.05, 4.69) is 37.6 Å². The van der Waals surface area contributed by atoms with Gasteiger partial charge in [0, 0.05) is 11.6 Å². The second kappa shape index (κ2) is 10.1. The Bertz CT molecular complexity index is 1510. The topological polar surface area (TPSA) is 64.1 Å². The minimum absolute atomic E-state index is 0.0498. The Morgan fingerprint density at radius 1 is 1.08 bits per heavy atom. The predicted octanol–water partition coefficient (Wildman–Crippen LogP) is 7.64. The third kappa shape index (κ3) is 5.64. The van der Waals surface area contributed by atoms with E-state index in [9.17, 15) is 13.2 Å². The number of nitrogens with zero attached hydrogens (tertiary/aromatic N) is 5. The molecule has 2 aliphatic carbocycles. The highest BCUT2D eigenvalue weighted by molar-refractivity contribution is 7.96. The largest absolute Gasteiger partial charge is 0.573 e. The van der Waals surface area contributed by atoms with Crippen LogP contribution in [0.1, 0.15) is 22.9 Å². The van der Waals surface area contributed by atoms with Crippen LogP contribution in [0.25, 0.3) is 11.8 Å². The maximum Gasteiger partial charge on any atom is 0.573 e. The molecule has 10 heteroatoms. The van der Waals surface area contributed by atoms with Crippen molar-refractivity contribution >= 4 is 29.6 Å². The van der Waals surface area contributed by atoms with Crippen molar-refractivity contribution in [2.75, 3.05) is 0 Å². The fourth-order valence-electron chi connectivity index (χ4n) is 4.06. The van der Waals surface area contributed by atoms with E-state index in [1.165, 1.54) is 12.1 Å². The van der Waals surface area contributed by atoms with E-state index in [1.54, 1.807) is 24.7 Å². The van der Waals surface area contributed by atoms with E-state index in [4.69, 9.17) is 0 Å². The van der Waals surface area contributed by atoms with Gasteiger partial charge in [0.2, 0.25) is 5.17 Å².